The first-order valence-corrected chi connectivity index (χ1v) is 8.75. The SMILES string of the molecule is CCN1CC(C(O)C(N)CC2CCCCC2)OC1=O.O=C(O)C(F)(F)F. The third-order valence-electron chi connectivity index (χ3n) is 4.68. The van der Waals surface area contributed by atoms with Gasteiger partial charge in [0.25, 0.3) is 0 Å². The van der Waals surface area contributed by atoms with Crippen molar-refractivity contribution in [3.05, 3.63) is 0 Å². The highest BCUT2D eigenvalue weighted by molar-refractivity contribution is 5.73. The fourth-order valence-corrected chi connectivity index (χ4v) is 3.19. The number of halogens is 3. The standard InChI is InChI=1S/C14H26N2O3.C2HF3O2/c1-2-16-9-12(19-14(16)18)13(17)11(15)8-10-6-4-3-5-7-10;3-2(4,5)1(6)7/h10-13,17H,2-9,15H2,1H3;(H,6,7). The topological polar surface area (TPSA) is 113 Å². The first-order valence-electron chi connectivity index (χ1n) is 8.75. The number of carbonyl (C=O) groups excluding carboxylic acids is 1. The molecule has 0 aromatic rings. The molecule has 2 aliphatic rings. The Hall–Kier alpha value is -1.55. The van der Waals surface area contributed by atoms with Crippen molar-refractivity contribution in [2.24, 2.45) is 11.7 Å². The van der Waals surface area contributed by atoms with Crippen LogP contribution in [0.2, 0.25) is 0 Å². The molecule has 2 rings (SSSR count). The predicted octanol–water partition coefficient (Wildman–Crippen LogP) is 2.12. The van der Waals surface area contributed by atoms with Crippen LogP contribution in [0.15, 0.2) is 0 Å². The molecule has 7 nitrogen and oxygen atoms in total. The van der Waals surface area contributed by atoms with E-state index in [0.29, 0.717) is 19.0 Å². The van der Waals surface area contributed by atoms with Gasteiger partial charge in [0.1, 0.15) is 12.2 Å². The molecule has 1 saturated heterocycles. The van der Waals surface area contributed by atoms with Crippen molar-refractivity contribution in [2.45, 2.75) is 69.9 Å². The van der Waals surface area contributed by atoms with Gasteiger partial charge in [-0.25, -0.2) is 9.59 Å². The Labute approximate surface area is 150 Å². The van der Waals surface area contributed by atoms with E-state index in [4.69, 9.17) is 20.4 Å². The largest absolute Gasteiger partial charge is 0.490 e. The minimum Gasteiger partial charge on any atom is -0.475 e. The zero-order valence-electron chi connectivity index (χ0n) is 14.7. The molecule has 1 aliphatic carbocycles. The molecular weight excluding hydrogens is 357 g/mol. The van der Waals surface area contributed by atoms with Gasteiger partial charge in [0.15, 0.2) is 0 Å². The van der Waals surface area contributed by atoms with E-state index >= 15 is 0 Å². The lowest BCUT2D eigenvalue weighted by Gasteiger charge is -2.28. The fourth-order valence-electron chi connectivity index (χ4n) is 3.19. The summed E-state index contributed by atoms with van der Waals surface area (Å²) in [6.07, 6.45) is 0.495. The van der Waals surface area contributed by atoms with Gasteiger partial charge in [-0.3, -0.25) is 0 Å². The number of rotatable bonds is 5. The van der Waals surface area contributed by atoms with E-state index in [1.807, 2.05) is 6.92 Å². The molecular formula is C16H27F3N2O5. The van der Waals surface area contributed by atoms with Crippen molar-refractivity contribution in [3.63, 3.8) is 0 Å². The van der Waals surface area contributed by atoms with E-state index in [1.165, 1.54) is 32.1 Å². The van der Waals surface area contributed by atoms with E-state index in [9.17, 15) is 23.1 Å². The summed E-state index contributed by atoms with van der Waals surface area (Å²) in [6, 6.07) is -0.294. The molecule has 0 bridgehead atoms. The normalized spacial score (nSPS) is 23.7. The van der Waals surface area contributed by atoms with Crippen molar-refractivity contribution < 1.29 is 37.7 Å². The molecule has 3 atom stereocenters. The summed E-state index contributed by atoms with van der Waals surface area (Å²) in [5.74, 6) is -2.13. The van der Waals surface area contributed by atoms with Crippen LogP contribution in [0.25, 0.3) is 0 Å². The van der Waals surface area contributed by atoms with Crippen LogP contribution in [0.3, 0.4) is 0 Å². The van der Waals surface area contributed by atoms with Crippen LogP contribution < -0.4 is 5.73 Å². The Morgan fingerprint density at radius 1 is 1.35 bits per heavy atom. The first kappa shape index (κ1) is 22.5. The number of nitrogens with two attached hydrogens (primary N) is 1. The maximum Gasteiger partial charge on any atom is 0.490 e. The number of amides is 1. The number of aliphatic hydroxyl groups is 1. The van der Waals surface area contributed by atoms with Gasteiger partial charge < -0.3 is 25.6 Å². The lowest BCUT2D eigenvalue weighted by atomic mass is 9.83. The highest BCUT2D eigenvalue weighted by Crippen LogP contribution is 2.28. The second-order valence-electron chi connectivity index (χ2n) is 6.66. The molecule has 0 spiro atoms. The zero-order chi connectivity index (χ0) is 19.9. The Balaban J connectivity index is 0.000000412. The summed E-state index contributed by atoms with van der Waals surface area (Å²) in [4.78, 5) is 22.0. The van der Waals surface area contributed by atoms with Gasteiger partial charge in [0, 0.05) is 12.6 Å². The van der Waals surface area contributed by atoms with Crippen LogP contribution in [0.4, 0.5) is 18.0 Å². The molecule has 1 saturated carbocycles. The van der Waals surface area contributed by atoms with Gasteiger partial charge in [-0.05, 0) is 19.3 Å². The first-order chi connectivity index (χ1) is 12.1. The minimum atomic E-state index is -5.08. The number of carboxylic acids is 1. The zero-order valence-corrected chi connectivity index (χ0v) is 14.7. The Bertz CT molecular complexity index is 469. The van der Waals surface area contributed by atoms with Crippen molar-refractivity contribution in [2.75, 3.05) is 13.1 Å². The quantitative estimate of drug-likeness (QED) is 0.669. The lowest BCUT2D eigenvalue weighted by Crippen LogP contribution is -2.45. The van der Waals surface area contributed by atoms with E-state index in [-0.39, 0.29) is 12.1 Å². The van der Waals surface area contributed by atoms with Crippen molar-refractivity contribution in [1.29, 1.82) is 0 Å². The van der Waals surface area contributed by atoms with E-state index < -0.39 is 24.4 Å². The molecule has 0 aromatic carbocycles. The predicted molar refractivity (Wildman–Crippen MR) is 86.4 cm³/mol. The van der Waals surface area contributed by atoms with Crippen LogP contribution >= 0.6 is 0 Å². The molecule has 152 valence electrons. The Morgan fingerprint density at radius 3 is 2.31 bits per heavy atom. The molecule has 0 aromatic heterocycles. The minimum absolute atomic E-state index is 0.294. The molecule has 4 N–H and O–H groups in total. The third kappa shape index (κ3) is 6.99. The molecule has 0 radical (unpaired) electrons. The van der Waals surface area contributed by atoms with E-state index in [2.05, 4.69) is 0 Å². The second-order valence-corrected chi connectivity index (χ2v) is 6.66. The Morgan fingerprint density at radius 2 is 1.88 bits per heavy atom. The Kier molecular flexibility index (Phi) is 8.61. The summed E-state index contributed by atoms with van der Waals surface area (Å²) in [5.41, 5.74) is 6.10. The van der Waals surface area contributed by atoms with E-state index in [1.54, 1.807) is 4.90 Å². The van der Waals surface area contributed by atoms with Gasteiger partial charge in [0.2, 0.25) is 0 Å². The van der Waals surface area contributed by atoms with Crippen LogP contribution in [-0.2, 0) is 9.53 Å². The maximum atomic E-state index is 11.5. The number of carbonyl (C=O) groups is 2. The van der Waals surface area contributed by atoms with E-state index in [0.717, 1.165) is 6.42 Å². The number of cyclic esters (lactones) is 1. The maximum absolute atomic E-state index is 11.5. The molecule has 26 heavy (non-hydrogen) atoms. The number of ether oxygens (including phenoxy) is 1. The summed E-state index contributed by atoms with van der Waals surface area (Å²) in [7, 11) is 0. The number of aliphatic hydroxyl groups excluding tert-OH is 1. The number of hydrogen-bond donors (Lipinski definition) is 3. The second kappa shape index (κ2) is 9.96. The summed E-state index contributed by atoms with van der Waals surface area (Å²) in [5, 5.41) is 17.4. The van der Waals surface area contributed by atoms with Crippen molar-refractivity contribution in [3.8, 4) is 0 Å². The summed E-state index contributed by atoms with van der Waals surface area (Å²) < 4.78 is 36.9. The molecule has 1 aliphatic heterocycles. The average Bonchev–Trinajstić information content (AvgIpc) is 2.95. The molecule has 3 unspecified atom stereocenters. The number of hydrogen-bond acceptors (Lipinski definition) is 5. The van der Waals surface area contributed by atoms with Gasteiger partial charge in [-0.2, -0.15) is 13.2 Å². The lowest BCUT2D eigenvalue weighted by molar-refractivity contribution is -0.192. The monoisotopic (exact) mass is 384 g/mol. The number of alkyl halides is 3. The number of aliphatic carboxylic acids is 1. The number of carboxylic acid groups (broad SMARTS) is 1. The third-order valence-corrected chi connectivity index (χ3v) is 4.68. The molecule has 1 heterocycles. The fraction of sp³-hybridized carbons (Fsp3) is 0.875. The van der Waals surface area contributed by atoms with Gasteiger partial charge >= 0.3 is 18.2 Å². The van der Waals surface area contributed by atoms with Crippen LogP contribution in [0.5, 0.6) is 0 Å². The van der Waals surface area contributed by atoms with Gasteiger partial charge in [0.05, 0.1) is 6.54 Å². The van der Waals surface area contributed by atoms with Crippen molar-refractivity contribution in [1.82, 2.24) is 4.90 Å². The smallest absolute Gasteiger partial charge is 0.475 e. The number of nitrogens with zero attached hydrogens (tertiary/aromatic N) is 1. The molecule has 10 heteroatoms. The van der Waals surface area contributed by atoms with Crippen LogP contribution in [0, 0.1) is 5.92 Å². The number of likely N-dealkylation sites (N-methyl/N-ethyl adjacent to an activating group) is 1. The highest BCUT2D eigenvalue weighted by atomic mass is 19.4. The van der Waals surface area contributed by atoms with Gasteiger partial charge in [-0.15, -0.1) is 0 Å². The summed E-state index contributed by atoms with van der Waals surface area (Å²) >= 11 is 0. The molecule has 2 fully saturated rings. The van der Waals surface area contributed by atoms with Crippen molar-refractivity contribution >= 4 is 12.1 Å². The highest BCUT2D eigenvalue weighted by Gasteiger charge is 2.39. The van der Waals surface area contributed by atoms with Gasteiger partial charge in [-0.1, -0.05) is 32.1 Å². The van der Waals surface area contributed by atoms with Crippen LogP contribution in [0.1, 0.15) is 45.4 Å². The van der Waals surface area contributed by atoms with Crippen LogP contribution in [-0.4, -0.2) is 64.7 Å². The average molecular weight is 384 g/mol. The molecule has 1 amide bonds. The summed E-state index contributed by atoms with van der Waals surface area (Å²) in [6.45, 7) is 2.97.